The summed E-state index contributed by atoms with van der Waals surface area (Å²) in [5.41, 5.74) is 7.01. The summed E-state index contributed by atoms with van der Waals surface area (Å²) in [5, 5.41) is 7.84. The van der Waals surface area contributed by atoms with Gasteiger partial charge in [-0.3, -0.25) is 0 Å². The van der Waals surface area contributed by atoms with Gasteiger partial charge in [-0.05, 0) is 30.3 Å². The predicted octanol–water partition coefficient (Wildman–Crippen LogP) is 1.74. The molecule has 2 N–H and O–H groups in total. The zero-order valence-corrected chi connectivity index (χ0v) is 9.68. The molecule has 0 bridgehead atoms. The van der Waals surface area contributed by atoms with Crippen LogP contribution in [0.4, 0.5) is 5.82 Å². The number of anilines is 1. The number of nitrogens with zero attached hydrogens (tertiary/aromatic N) is 2. The summed E-state index contributed by atoms with van der Waals surface area (Å²) < 4.78 is 10.4. The summed E-state index contributed by atoms with van der Waals surface area (Å²) in [6.45, 7) is 0. The molecule has 2 aromatic rings. The Morgan fingerprint density at radius 1 is 1.00 bits per heavy atom. The van der Waals surface area contributed by atoms with E-state index in [1.165, 1.54) is 0 Å². The van der Waals surface area contributed by atoms with Crippen molar-refractivity contribution in [2.24, 2.45) is 0 Å². The van der Waals surface area contributed by atoms with E-state index in [9.17, 15) is 0 Å². The number of nitrogen functional groups attached to an aromatic ring is 1. The number of ether oxygens (including phenoxy) is 2. The molecule has 0 aliphatic heterocycles. The van der Waals surface area contributed by atoms with Gasteiger partial charge in [0.2, 0.25) is 0 Å². The molecule has 0 saturated carbocycles. The highest BCUT2D eigenvalue weighted by Crippen LogP contribution is 2.31. The van der Waals surface area contributed by atoms with E-state index in [1.54, 1.807) is 26.4 Å². The summed E-state index contributed by atoms with van der Waals surface area (Å²) in [7, 11) is 3.22. The molecule has 5 nitrogen and oxygen atoms in total. The predicted molar refractivity (Wildman–Crippen MR) is 65.0 cm³/mol. The van der Waals surface area contributed by atoms with Crippen LogP contribution < -0.4 is 15.2 Å². The second kappa shape index (κ2) is 4.69. The molecule has 0 amide bonds. The highest BCUT2D eigenvalue weighted by atomic mass is 16.5. The third kappa shape index (κ3) is 2.28. The zero-order valence-electron chi connectivity index (χ0n) is 9.68. The molecular formula is C12H13N3O2. The van der Waals surface area contributed by atoms with E-state index in [0.29, 0.717) is 17.3 Å². The van der Waals surface area contributed by atoms with Crippen molar-refractivity contribution in [3.8, 4) is 22.8 Å². The fourth-order valence-electron chi connectivity index (χ4n) is 1.50. The minimum Gasteiger partial charge on any atom is -0.497 e. The lowest BCUT2D eigenvalue weighted by atomic mass is 10.1. The average molecular weight is 231 g/mol. The second-order valence-corrected chi connectivity index (χ2v) is 3.41. The number of hydrogen-bond acceptors (Lipinski definition) is 5. The van der Waals surface area contributed by atoms with Crippen LogP contribution in [0.1, 0.15) is 0 Å². The van der Waals surface area contributed by atoms with E-state index in [0.717, 1.165) is 11.3 Å². The number of hydrogen-bond donors (Lipinski definition) is 1. The number of aromatic nitrogens is 2. The Bertz CT molecular complexity index is 512. The molecule has 0 fully saturated rings. The van der Waals surface area contributed by atoms with Crippen LogP contribution in [0.2, 0.25) is 0 Å². The van der Waals surface area contributed by atoms with Crippen molar-refractivity contribution in [2.45, 2.75) is 0 Å². The number of benzene rings is 1. The van der Waals surface area contributed by atoms with E-state index in [2.05, 4.69) is 10.2 Å². The van der Waals surface area contributed by atoms with Gasteiger partial charge in [-0.15, -0.1) is 10.2 Å². The highest BCUT2D eigenvalue weighted by Gasteiger charge is 2.09. The van der Waals surface area contributed by atoms with E-state index < -0.39 is 0 Å². The largest absolute Gasteiger partial charge is 0.497 e. The Morgan fingerprint density at radius 3 is 2.41 bits per heavy atom. The van der Waals surface area contributed by atoms with Gasteiger partial charge < -0.3 is 15.2 Å². The molecule has 5 heteroatoms. The number of rotatable bonds is 3. The van der Waals surface area contributed by atoms with Crippen molar-refractivity contribution in [3.63, 3.8) is 0 Å². The Kier molecular flexibility index (Phi) is 3.09. The molecule has 0 radical (unpaired) electrons. The van der Waals surface area contributed by atoms with Gasteiger partial charge in [-0.1, -0.05) is 0 Å². The maximum atomic E-state index is 5.50. The smallest absolute Gasteiger partial charge is 0.146 e. The third-order valence-electron chi connectivity index (χ3n) is 2.37. The normalized spacial score (nSPS) is 10.0. The monoisotopic (exact) mass is 231 g/mol. The van der Waals surface area contributed by atoms with Gasteiger partial charge in [0, 0.05) is 5.56 Å². The standard InChI is InChI=1S/C12H13N3O2/c1-16-8-3-5-11(17-2)9(7-8)10-4-6-12(13)15-14-10/h3-7H,1-2H3,(H2,13,15). The maximum Gasteiger partial charge on any atom is 0.146 e. The summed E-state index contributed by atoms with van der Waals surface area (Å²) in [4.78, 5) is 0. The van der Waals surface area contributed by atoms with Gasteiger partial charge in [0.1, 0.15) is 17.3 Å². The lowest BCUT2D eigenvalue weighted by Gasteiger charge is -2.09. The first-order valence-corrected chi connectivity index (χ1v) is 5.06. The van der Waals surface area contributed by atoms with Gasteiger partial charge >= 0.3 is 0 Å². The van der Waals surface area contributed by atoms with Gasteiger partial charge in [-0.2, -0.15) is 0 Å². The van der Waals surface area contributed by atoms with Gasteiger partial charge in [0.25, 0.3) is 0 Å². The van der Waals surface area contributed by atoms with E-state index in [4.69, 9.17) is 15.2 Å². The molecule has 0 aliphatic carbocycles. The number of methoxy groups -OCH3 is 2. The van der Waals surface area contributed by atoms with Gasteiger partial charge in [0.05, 0.1) is 19.9 Å². The Hall–Kier alpha value is -2.30. The minimum atomic E-state index is 0.385. The van der Waals surface area contributed by atoms with Crippen molar-refractivity contribution >= 4 is 5.82 Å². The molecule has 0 saturated heterocycles. The molecule has 1 heterocycles. The molecule has 0 spiro atoms. The van der Waals surface area contributed by atoms with Crippen molar-refractivity contribution in [1.82, 2.24) is 10.2 Å². The fourth-order valence-corrected chi connectivity index (χ4v) is 1.50. The lowest BCUT2D eigenvalue weighted by Crippen LogP contribution is -1.96. The summed E-state index contributed by atoms with van der Waals surface area (Å²) in [6.07, 6.45) is 0. The number of nitrogens with two attached hydrogens (primary N) is 1. The van der Waals surface area contributed by atoms with Gasteiger partial charge in [-0.25, -0.2) is 0 Å². The lowest BCUT2D eigenvalue weighted by molar-refractivity contribution is 0.404. The highest BCUT2D eigenvalue weighted by molar-refractivity contribution is 5.69. The molecule has 0 aliphatic rings. The van der Waals surface area contributed by atoms with Crippen molar-refractivity contribution in [3.05, 3.63) is 30.3 Å². The SMILES string of the molecule is COc1ccc(OC)c(-c2ccc(N)nn2)c1. The van der Waals surface area contributed by atoms with E-state index >= 15 is 0 Å². The van der Waals surface area contributed by atoms with Crippen LogP contribution in [0.5, 0.6) is 11.5 Å². The zero-order chi connectivity index (χ0) is 12.3. The van der Waals surface area contributed by atoms with E-state index in [1.807, 2.05) is 18.2 Å². The van der Waals surface area contributed by atoms with E-state index in [-0.39, 0.29) is 0 Å². The average Bonchev–Trinajstić information content (AvgIpc) is 2.39. The summed E-state index contributed by atoms with van der Waals surface area (Å²) >= 11 is 0. The Morgan fingerprint density at radius 2 is 1.82 bits per heavy atom. The van der Waals surface area contributed by atoms with Crippen molar-refractivity contribution in [2.75, 3.05) is 20.0 Å². The van der Waals surface area contributed by atoms with Crippen LogP contribution >= 0.6 is 0 Å². The van der Waals surface area contributed by atoms with Crippen molar-refractivity contribution < 1.29 is 9.47 Å². The Balaban J connectivity index is 2.51. The molecule has 0 atom stereocenters. The molecule has 2 rings (SSSR count). The first kappa shape index (κ1) is 11.2. The first-order chi connectivity index (χ1) is 8.24. The molecule has 17 heavy (non-hydrogen) atoms. The summed E-state index contributed by atoms with van der Waals surface area (Å²) in [5.74, 6) is 1.83. The van der Waals surface area contributed by atoms with Crippen LogP contribution in [0.15, 0.2) is 30.3 Å². The van der Waals surface area contributed by atoms with Crippen LogP contribution in [0.3, 0.4) is 0 Å². The second-order valence-electron chi connectivity index (χ2n) is 3.41. The molecular weight excluding hydrogens is 218 g/mol. The van der Waals surface area contributed by atoms with Crippen LogP contribution in [0, 0.1) is 0 Å². The fraction of sp³-hybridized carbons (Fsp3) is 0.167. The molecule has 0 unspecified atom stereocenters. The van der Waals surface area contributed by atoms with Gasteiger partial charge in [0.15, 0.2) is 0 Å². The molecule has 1 aromatic carbocycles. The molecule has 1 aromatic heterocycles. The van der Waals surface area contributed by atoms with Crippen LogP contribution in [0.25, 0.3) is 11.3 Å². The molecule has 88 valence electrons. The first-order valence-electron chi connectivity index (χ1n) is 5.06. The van der Waals surface area contributed by atoms with Crippen LogP contribution in [-0.2, 0) is 0 Å². The maximum absolute atomic E-state index is 5.50. The quantitative estimate of drug-likeness (QED) is 0.871. The van der Waals surface area contributed by atoms with Crippen LogP contribution in [-0.4, -0.2) is 24.4 Å². The topological polar surface area (TPSA) is 70.3 Å². The Labute approximate surface area is 99.2 Å². The third-order valence-corrected chi connectivity index (χ3v) is 2.37. The minimum absolute atomic E-state index is 0.385. The summed E-state index contributed by atoms with van der Waals surface area (Å²) in [6, 6.07) is 8.99. The van der Waals surface area contributed by atoms with Crippen molar-refractivity contribution in [1.29, 1.82) is 0 Å².